The van der Waals surface area contributed by atoms with Crippen molar-refractivity contribution in [2.24, 2.45) is 5.92 Å². The smallest absolute Gasteiger partial charge is 0.243 e. The summed E-state index contributed by atoms with van der Waals surface area (Å²) in [7, 11) is 1.74. The largest absolute Gasteiger partial charge is 0.314 e. The van der Waals surface area contributed by atoms with Crippen molar-refractivity contribution in [3.63, 3.8) is 0 Å². The van der Waals surface area contributed by atoms with Crippen LogP contribution in [0.2, 0.25) is 0 Å². The number of hydrogen-bond acceptors (Lipinski definition) is 2. The van der Waals surface area contributed by atoms with Crippen LogP contribution in [0.1, 0.15) is 26.2 Å². The number of piperidine rings is 1. The van der Waals surface area contributed by atoms with Gasteiger partial charge in [-0.1, -0.05) is 13.3 Å². The lowest BCUT2D eigenvalue weighted by Crippen LogP contribution is -2.49. The minimum absolute atomic E-state index is 0.0600. The van der Waals surface area contributed by atoms with Crippen molar-refractivity contribution in [3.05, 3.63) is 30.1 Å². The molecule has 2 rings (SSSR count). The van der Waals surface area contributed by atoms with Gasteiger partial charge in [0.25, 0.3) is 0 Å². The molecular weight excluding hydrogens is 243 g/mol. The summed E-state index contributed by atoms with van der Waals surface area (Å²) in [5.41, 5.74) is 0.729. The fourth-order valence-electron chi connectivity index (χ4n) is 2.58. The van der Waals surface area contributed by atoms with E-state index < -0.39 is 0 Å². The summed E-state index contributed by atoms with van der Waals surface area (Å²) in [4.78, 5) is 14.0. The van der Waals surface area contributed by atoms with Crippen molar-refractivity contribution in [2.75, 3.05) is 18.5 Å². The van der Waals surface area contributed by atoms with E-state index in [0.29, 0.717) is 5.92 Å². The predicted molar refractivity (Wildman–Crippen MR) is 74.6 cm³/mol. The van der Waals surface area contributed by atoms with E-state index in [4.69, 9.17) is 0 Å². The van der Waals surface area contributed by atoms with Gasteiger partial charge in [-0.2, -0.15) is 0 Å². The average molecular weight is 264 g/mol. The van der Waals surface area contributed by atoms with Crippen LogP contribution in [0.4, 0.5) is 10.1 Å². The first kappa shape index (κ1) is 14.0. The van der Waals surface area contributed by atoms with Gasteiger partial charge in [0, 0.05) is 12.7 Å². The van der Waals surface area contributed by atoms with Crippen LogP contribution in [0.25, 0.3) is 0 Å². The van der Waals surface area contributed by atoms with Crippen molar-refractivity contribution < 1.29 is 9.18 Å². The van der Waals surface area contributed by atoms with Crippen molar-refractivity contribution in [1.82, 2.24) is 5.32 Å². The van der Waals surface area contributed by atoms with Crippen LogP contribution in [0.15, 0.2) is 24.3 Å². The molecular formula is C15H21FN2O. The molecule has 1 aliphatic heterocycles. The molecule has 1 fully saturated rings. The summed E-state index contributed by atoms with van der Waals surface area (Å²) in [6.07, 6.45) is 3.15. The molecule has 0 radical (unpaired) electrons. The molecule has 1 heterocycles. The summed E-state index contributed by atoms with van der Waals surface area (Å²) >= 11 is 0. The Morgan fingerprint density at radius 1 is 1.42 bits per heavy atom. The highest BCUT2D eigenvalue weighted by atomic mass is 19.1. The quantitative estimate of drug-likeness (QED) is 0.910. The number of benzene rings is 1. The Labute approximate surface area is 113 Å². The number of rotatable bonds is 3. The molecule has 3 nitrogen and oxygen atoms in total. The number of amides is 1. The van der Waals surface area contributed by atoms with Crippen LogP contribution in [0, 0.1) is 11.7 Å². The van der Waals surface area contributed by atoms with E-state index in [9.17, 15) is 9.18 Å². The lowest BCUT2D eigenvalue weighted by molar-refractivity contribution is -0.121. The van der Waals surface area contributed by atoms with Crippen molar-refractivity contribution in [3.8, 4) is 0 Å². The Morgan fingerprint density at radius 2 is 2.11 bits per heavy atom. The van der Waals surface area contributed by atoms with Crippen molar-refractivity contribution >= 4 is 11.6 Å². The standard InChI is InChI=1S/C15H21FN2O/c1-3-11-8-9-17-14(10-11)15(19)18(2)13-6-4-12(16)5-7-13/h4-7,11,14,17H,3,8-10H2,1-2H3. The minimum Gasteiger partial charge on any atom is -0.314 e. The molecule has 104 valence electrons. The third kappa shape index (κ3) is 3.32. The molecule has 1 N–H and O–H groups in total. The van der Waals surface area contributed by atoms with E-state index in [-0.39, 0.29) is 17.8 Å². The van der Waals surface area contributed by atoms with E-state index in [1.165, 1.54) is 12.1 Å². The highest BCUT2D eigenvalue weighted by Crippen LogP contribution is 2.22. The number of halogens is 1. The van der Waals surface area contributed by atoms with E-state index in [0.717, 1.165) is 31.5 Å². The van der Waals surface area contributed by atoms with E-state index in [2.05, 4.69) is 12.2 Å². The molecule has 0 bridgehead atoms. The summed E-state index contributed by atoms with van der Waals surface area (Å²) in [5, 5.41) is 3.28. The van der Waals surface area contributed by atoms with Crippen molar-refractivity contribution in [2.45, 2.75) is 32.2 Å². The Balaban J connectivity index is 2.04. The topological polar surface area (TPSA) is 32.3 Å². The number of hydrogen-bond donors (Lipinski definition) is 1. The van der Waals surface area contributed by atoms with Crippen LogP contribution in [0.5, 0.6) is 0 Å². The van der Waals surface area contributed by atoms with E-state index in [1.54, 1.807) is 24.1 Å². The second kappa shape index (κ2) is 6.15. The highest BCUT2D eigenvalue weighted by molar-refractivity contribution is 5.96. The minimum atomic E-state index is -0.286. The summed E-state index contributed by atoms with van der Waals surface area (Å²) in [5.74, 6) is 0.396. The summed E-state index contributed by atoms with van der Waals surface area (Å²) < 4.78 is 12.9. The normalized spacial score (nSPS) is 23.1. The zero-order valence-corrected chi connectivity index (χ0v) is 11.5. The van der Waals surface area contributed by atoms with Gasteiger partial charge in [-0.05, 0) is 49.6 Å². The van der Waals surface area contributed by atoms with Gasteiger partial charge in [0.15, 0.2) is 0 Å². The Kier molecular flexibility index (Phi) is 4.53. The molecule has 0 saturated carbocycles. The molecule has 1 aromatic rings. The molecule has 2 unspecified atom stereocenters. The molecule has 1 saturated heterocycles. The van der Waals surface area contributed by atoms with Gasteiger partial charge >= 0.3 is 0 Å². The maximum absolute atomic E-state index is 12.9. The van der Waals surface area contributed by atoms with Gasteiger partial charge in [-0.25, -0.2) is 4.39 Å². The first-order valence-electron chi connectivity index (χ1n) is 6.88. The molecule has 4 heteroatoms. The molecule has 1 amide bonds. The molecule has 19 heavy (non-hydrogen) atoms. The number of likely N-dealkylation sites (N-methyl/N-ethyl adjacent to an activating group) is 1. The number of carbonyl (C=O) groups excluding carboxylic acids is 1. The second-order valence-electron chi connectivity index (χ2n) is 5.18. The maximum atomic E-state index is 12.9. The zero-order chi connectivity index (χ0) is 13.8. The van der Waals surface area contributed by atoms with Crippen LogP contribution >= 0.6 is 0 Å². The molecule has 2 atom stereocenters. The average Bonchev–Trinajstić information content (AvgIpc) is 2.46. The van der Waals surface area contributed by atoms with Gasteiger partial charge in [0.2, 0.25) is 5.91 Å². The van der Waals surface area contributed by atoms with Gasteiger partial charge in [-0.15, -0.1) is 0 Å². The molecule has 0 spiro atoms. The van der Waals surface area contributed by atoms with Crippen molar-refractivity contribution in [1.29, 1.82) is 0 Å². The van der Waals surface area contributed by atoms with Crippen LogP contribution in [-0.4, -0.2) is 25.5 Å². The Morgan fingerprint density at radius 3 is 2.74 bits per heavy atom. The number of anilines is 1. The first-order chi connectivity index (χ1) is 9.11. The second-order valence-corrected chi connectivity index (χ2v) is 5.18. The fourth-order valence-corrected chi connectivity index (χ4v) is 2.58. The fraction of sp³-hybridized carbons (Fsp3) is 0.533. The monoisotopic (exact) mass is 264 g/mol. The Bertz CT molecular complexity index is 432. The molecule has 0 aliphatic carbocycles. The van der Waals surface area contributed by atoms with Crippen LogP contribution < -0.4 is 10.2 Å². The summed E-state index contributed by atoms with van der Waals surface area (Å²) in [6, 6.07) is 5.90. The van der Waals surface area contributed by atoms with Gasteiger partial charge in [-0.3, -0.25) is 4.79 Å². The molecule has 0 aromatic heterocycles. The molecule has 1 aromatic carbocycles. The van der Waals surface area contributed by atoms with Gasteiger partial charge in [0.05, 0.1) is 6.04 Å². The number of nitrogens with one attached hydrogen (secondary N) is 1. The lowest BCUT2D eigenvalue weighted by Gasteiger charge is -2.31. The van der Waals surface area contributed by atoms with Crippen LogP contribution in [-0.2, 0) is 4.79 Å². The third-order valence-corrected chi connectivity index (χ3v) is 3.93. The zero-order valence-electron chi connectivity index (χ0n) is 11.5. The third-order valence-electron chi connectivity index (χ3n) is 3.93. The highest BCUT2D eigenvalue weighted by Gasteiger charge is 2.28. The maximum Gasteiger partial charge on any atom is 0.243 e. The van der Waals surface area contributed by atoms with E-state index in [1.807, 2.05) is 0 Å². The lowest BCUT2D eigenvalue weighted by atomic mass is 9.90. The van der Waals surface area contributed by atoms with Crippen LogP contribution in [0.3, 0.4) is 0 Å². The molecule has 1 aliphatic rings. The SMILES string of the molecule is CCC1CCNC(C(=O)N(C)c2ccc(F)cc2)C1. The van der Waals surface area contributed by atoms with Gasteiger partial charge < -0.3 is 10.2 Å². The Hall–Kier alpha value is -1.42. The van der Waals surface area contributed by atoms with Gasteiger partial charge in [0.1, 0.15) is 5.82 Å². The number of nitrogens with zero attached hydrogens (tertiary/aromatic N) is 1. The predicted octanol–water partition coefficient (Wildman–Crippen LogP) is 2.57. The van der Waals surface area contributed by atoms with E-state index >= 15 is 0 Å². The summed E-state index contributed by atoms with van der Waals surface area (Å²) in [6.45, 7) is 3.06. The first-order valence-corrected chi connectivity index (χ1v) is 6.88. The number of carbonyl (C=O) groups is 1.